The van der Waals surface area contributed by atoms with Gasteiger partial charge < -0.3 is 5.11 Å². The van der Waals surface area contributed by atoms with Gasteiger partial charge in [-0.25, -0.2) is 0 Å². The Hall–Kier alpha value is -0.630. The van der Waals surface area contributed by atoms with Crippen LogP contribution in [0.2, 0.25) is 0 Å². The van der Waals surface area contributed by atoms with E-state index in [9.17, 15) is 9.90 Å². The fourth-order valence-corrected chi connectivity index (χ4v) is 6.80. The zero-order chi connectivity index (χ0) is 15.8. The van der Waals surface area contributed by atoms with Gasteiger partial charge in [0, 0.05) is 6.42 Å². The molecule has 2 nitrogen and oxygen atoms in total. The van der Waals surface area contributed by atoms with Gasteiger partial charge in [-0.15, -0.1) is 0 Å². The van der Waals surface area contributed by atoms with Crippen LogP contribution in [-0.4, -0.2) is 16.5 Å². The standard InChI is InChI=1S/C20H30O2/c1-18-9-6-14(21)12-13(18)4-5-15-16(18)7-10-19(2)17(15)8-11-20(19,3)22/h12,15-17,22H,4-11H2,1-3H3/t15?,16?,17?,18-,19-,20+/m1/s1. The summed E-state index contributed by atoms with van der Waals surface area (Å²) in [6.45, 7) is 6.85. The monoisotopic (exact) mass is 302 g/mol. The largest absolute Gasteiger partial charge is 0.390 e. The smallest absolute Gasteiger partial charge is 0.155 e. The van der Waals surface area contributed by atoms with Crippen LogP contribution in [0, 0.1) is 28.6 Å². The number of aliphatic hydroxyl groups is 1. The van der Waals surface area contributed by atoms with Gasteiger partial charge in [0.1, 0.15) is 0 Å². The third-order valence-corrected chi connectivity index (χ3v) is 8.52. The van der Waals surface area contributed by atoms with E-state index in [2.05, 4.69) is 20.8 Å². The van der Waals surface area contributed by atoms with Gasteiger partial charge in [-0.3, -0.25) is 4.79 Å². The second-order valence-electron chi connectivity index (χ2n) is 9.24. The second kappa shape index (κ2) is 4.47. The lowest BCUT2D eigenvalue weighted by Gasteiger charge is -2.58. The Morgan fingerprint density at radius 1 is 1.00 bits per heavy atom. The normalized spacial score (nSPS) is 54.3. The van der Waals surface area contributed by atoms with E-state index >= 15 is 0 Å². The highest BCUT2D eigenvalue weighted by atomic mass is 16.3. The molecule has 3 unspecified atom stereocenters. The molecule has 0 spiro atoms. The average Bonchev–Trinajstić information content (AvgIpc) is 2.70. The molecule has 4 rings (SSSR count). The molecule has 3 fully saturated rings. The molecule has 0 saturated heterocycles. The predicted molar refractivity (Wildman–Crippen MR) is 87.3 cm³/mol. The number of rotatable bonds is 0. The van der Waals surface area contributed by atoms with Gasteiger partial charge in [0.05, 0.1) is 5.60 Å². The van der Waals surface area contributed by atoms with Crippen LogP contribution in [0.5, 0.6) is 0 Å². The first-order valence-corrected chi connectivity index (χ1v) is 9.24. The molecule has 0 aliphatic heterocycles. The number of carbonyl (C=O) groups is 1. The molecule has 0 aromatic rings. The number of hydrogen-bond donors (Lipinski definition) is 1. The van der Waals surface area contributed by atoms with Gasteiger partial charge in [0.25, 0.3) is 0 Å². The van der Waals surface area contributed by atoms with Gasteiger partial charge in [-0.1, -0.05) is 19.4 Å². The first-order valence-electron chi connectivity index (χ1n) is 9.24. The summed E-state index contributed by atoms with van der Waals surface area (Å²) in [6.07, 6.45) is 10.7. The lowest BCUT2D eigenvalue weighted by molar-refractivity contribution is -0.124. The summed E-state index contributed by atoms with van der Waals surface area (Å²) >= 11 is 0. The second-order valence-corrected chi connectivity index (χ2v) is 9.24. The van der Waals surface area contributed by atoms with E-state index in [4.69, 9.17) is 0 Å². The molecule has 122 valence electrons. The maximum Gasteiger partial charge on any atom is 0.155 e. The van der Waals surface area contributed by atoms with Crippen molar-refractivity contribution in [2.75, 3.05) is 0 Å². The highest BCUT2D eigenvalue weighted by Gasteiger charge is 2.62. The number of ketones is 1. The summed E-state index contributed by atoms with van der Waals surface area (Å²) in [5, 5.41) is 10.9. The van der Waals surface area contributed by atoms with Crippen LogP contribution >= 0.6 is 0 Å². The third kappa shape index (κ3) is 1.74. The third-order valence-electron chi connectivity index (χ3n) is 8.52. The van der Waals surface area contributed by atoms with Crippen molar-refractivity contribution in [3.8, 4) is 0 Å². The molecule has 4 aliphatic carbocycles. The summed E-state index contributed by atoms with van der Waals surface area (Å²) in [7, 11) is 0. The Labute approximate surface area is 134 Å². The molecule has 0 amide bonds. The van der Waals surface area contributed by atoms with Crippen LogP contribution in [0.25, 0.3) is 0 Å². The molecule has 1 N–H and O–H groups in total. The number of hydrogen-bond acceptors (Lipinski definition) is 2. The predicted octanol–water partition coefficient (Wildman–Crippen LogP) is 4.27. The van der Waals surface area contributed by atoms with E-state index in [1.807, 2.05) is 6.08 Å². The van der Waals surface area contributed by atoms with Crippen molar-refractivity contribution >= 4 is 5.78 Å². The van der Waals surface area contributed by atoms with Crippen LogP contribution in [0.4, 0.5) is 0 Å². The molecular formula is C20H30O2. The highest BCUT2D eigenvalue weighted by molar-refractivity contribution is 5.91. The molecule has 3 saturated carbocycles. The van der Waals surface area contributed by atoms with Crippen LogP contribution in [0.1, 0.15) is 72.1 Å². The Balaban J connectivity index is 1.70. The molecule has 2 heteroatoms. The Morgan fingerprint density at radius 2 is 1.73 bits per heavy atom. The number of allylic oxidation sites excluding steroid dienone is 1. The maximum absolute atomic E-state index is 11.8. The Morgan fingerprint density at radius 3 is 2.50 bits per heavy atom. The van der Waals surface area contributed by atoms with Gasteiger partial charge in [0.2, 0.25) is 0 Å². The molecule has 0 heterocycles. The number of fused-ring (bicyclic) bond motifs is 5. The van der Waals surface area contributed by atoms with Gasteiger partial charge in [0.15, 0.2) is 5.78 Å². The summed E-state index contributed by atoms with van der Waals surface area (Å²) in [4.78, 5) is 11.8. The quantitative estimate of drug-likeness (QED) is 0.725. The van der Waals surface area contributed by atoms with Crippen LogP contribution in [0.15, 0.2) is 11.6 Å². The van der Waals surface area contributed by atoms with Crippen molar-refractivity contribution in [2.24, 2.45) is 28.6 Å². The van der Waals surface area contributed by atoms with Crippen LogP contribution in [0.3, 0.4) is 0 Å². The van der Waals surface area contributed by atoms with E-state index in [0.717, 1.165) is 43.9 Å². The zero-order valence-corrected chi connectivity index (χ0v) is 14.3. The molecule has 22 heavy (non-hydrogen) atoms. The van der Waals surface area contributed by atoms with Crippen molar-refractivity contribution in [1.82, 2.24) is 0 Å². The van der Waals surface area contributed by atoms with Crippen molar-refractivity contribution < 1.29 is 9.90 Å². The molecule has 0 aromatic heterocycles. The van der Waals surface area contributed by atoms with Gasteiger partial charge in [-0.05, 0) is 86.5 Å². The Kier molecular flexibility index (Phi) is 3.03. The van der Waals surface area contributed by atoms with Crippen molar-refractivity contribution in [3.63, 3.8) is 0 Å². The zero-order valence-electron chi connectivity index (χ0n) is 14.3. The SMILES string of the molecule is C[C@]1(O)CCC2C3CCC4=CC(=O)CC[C@@]4(C)C3CC[C@]21C. The first kappa shape index (κ1) is 14.9. The fourth-order valence-electron chi connectivity index (χ4n) is 6.80. The highest BCUT2D eigenvalue weighted by Crippen LogP contribution is 2.67. The topological polar surface area (TPSA) is 37.3 Å². The van der Waals surface area contributed by atoms with Crippen molar-refractivity contribution in [3.05, 3.63) is 11.6 Å². The van der Waals surface area contributed by atoms with Crippen molar-refractivity contribution in [1.29, 1.82) is 0 Å². The minimum atomic E-state index is -0.484. The summed E-state index contributed by atoms with van der Waals surface area (Å²) in [5.74, 6) is 2.50. The van der Waals surface area contributed by atoms with Gasteiger partial charge in [-0.2, -0.15) is 0 Å². The summed E-state index contributed by atoms with van der Waals surface area (Å²) in [6, 6.07) is 0. The first-order chi connectivity index (χ1) is 10.3. The maximum atomic E-state index is 11.8. The van der Waals surface area contributed by atoms with Gasteiger partial charge >= 0.3 is 0 Å². The summed E-state index contributed by atoms with van der Waals surface area (Å²) < 4.78 is 0. The Bertz CT molecular complexity index is 546. The van der Waals surface area contributed by atoms with E-state index in [1.165, 1.54) is 24.8 Å². The molecule has 0 radical (unpaired) electrons. The van der Waals surface area contributed by atoms with E-state index in [-0.39, 0.29) is 10.8 Å². The number of carbonyl (C=O) groups excluding carboxylic acids is 1. The molecule has 0 aromatic carbocycles. The minimum Gasteiger partial charge on any atom is -0.390 e. The molecular weight excluding hydrogens is 272 g/mol. The van der Waals surface area contributed by atoms with E-state index < -0.39 is 5.60 Å². The molecule has 6 atom stereocenters. The summed E-state index contributed by atoms with van der Waals surface area (Å²) in [5.41, 5.74) is 1.32. The lowest BCUT2D eigenvalue weighted by Crippen LogP contribution is -2.53. The lowest BCUT2D eigenvalue weighted by atomic mass is 9.46. The minimum absolute atomic E-state index is 0.107. The molecule has 4 aliphatic rings. The fraction of sp³-hybridized carbons (Fsp3) is 0.850. The molecule has 0 bridgehead atoms. The van der Waals surface area contributed by atoms with Crippen LogP contribution in [-0.2, 0) is 4.79 Å². The van der Waals surface area contributed by atoms with Crippen LogP contribution < -0.4 is 0 Å². The van der Waals surface area contributed by atoms with Crippen molar-refractivity contribution in [2.45, 2.75) is 77.7 Å². The van der Waals surface area contributed by atoms with E-state index in [0.29, 0.717) is 11.7 Å². The van der Waals surface area contributed by atoms with E-state index in [1.54, 1.807) is 0 Å². The average molecular weight is 302 g/mol.